The maximum Gasteiger partial charge on any atom is 0.0240 e. The molecule has 0 spiro atoms. The van der Waals surface area contributed by atoms with Crippen LogP contribution in [0.2, 0.25) is 0 Å². The van der Waals surface area contributed by atoms with Crippen molar-refractivity contribution < 1.29 is 0 Å². The van der Waals surface area contributed by atoms with Gasteiger partial charge in [-0.2, -0.15) is 0 Å². The molecule has 1 aliphatic carbocycles. The van der Waals surface area contributed by atoms with Crippen molar-refractivity contribution in [3.63, 3.8) is 0 Å². The van der Waals surface area contributed by atoms with E-state index in [2.05, 4.69) is 99.7 Å². The quantitative estimate of drug-likeness (QED) is 0.545. The van der Waals surface area contributed by atoms with Crippen LogP contribution in [-0.2, 0) is 25.9 Å². The molecule has 0 radical (unpaired) electrons. The average Bonchev–Trinajstić information content (AvgIpc) is 3.09. The van der Waals surface area contributed by atoms with Crippen LogP contribution in [0.5, 0.6) is 0 Å². The standard InChI is InChI=1S/C23H22BrN/c24-23-13-7-12-20-14-21(15-22(20)23)25(16-18-8-3-1-4-9-18)17-19-10-5-2-6-11-19/h1-13,21H,14-17H2. The zero-order valence-electron chi connectivity index (χ0n) is 14.2. The molecule has 0 N–H and O–H groups in total. The predicted octanol–water partition coefficient (Wildman–Crippen LogP) is 5.62. The third-order valence-electron chi connectivity index (χ3n) is 5.08. The fourth-order valence-corrected chi connectivity index (χ4v) is 4.36. The first-order chi connectivity index (χ1) is 12.3. The van der Waals surface area contributed by atoms with Gasteiger partial charge in [0.15, 0.2) is 0 Å². The first-order valence-electron chi connectivity index (χ1n) is 8.88. The summed E-state index contributed by atoms with van der Waals surface area (Å²) in [5, 5.41) is 0. The van der Waals surface area contributed by atoms with Crippen molar-refractivity contribution in [2.45, 2.75) is 32.0 Å². The van der Waals surface area contributed by atoms with Gasteiger partial charge in [-0.1, -0.05) is 88.7 Å². The number of fused-ring (bicyclic) bond motifs is 1. The van der Waals surface area contributed by atoms with Gasteiger partial charge in [0, 0.05) is 23.6 Å². The Morgan fingerprint density at radius 3 is 1.88 bits per heavy atom. The maximum atomic E-state index is 3.74. The largest absolute Gasteiger partial charge is 0.291 e. The summed E-state index contributed by atoms with van der Waals surface area (Å²) in [5.41, 5.74) is 5.74. The van der Waals surface area contributed by atoms with Crippen LogP contribution in [-0.4, -0.2) is 10.9 Å². The van der Waals surface area contributed by atoms with Gasteiger partial charge in [-0.25, -0.2) is 0 Å². The number of rotatable bonds is 5. The SMILES string of the molecule is Brc1cccc2c1CC(N(Cc1ccccc1)Cc1ccccc1)C2. The molecule has 1 nitrogen and oxygen atoms in total. The molecular weight excluding hydrogens is 370 g/mol. The Hall–Kier alpha value is -1.90. The van der Waals surface area contributed by atoms with Gasteiger partial charge < -0.3 is 0 Å². The second-order valence-corrected chi connectivity index (χ2v) is 7.67. The van der Waals surface area contributed by atoms with Crippen molar-refractivity contribution in [1.29, 1.82) is 0 Å². The van der Waals surface area contributed by atoms with E-state index < -0.39 is 0 Å². The predicted molar refractivity (Wildman–Crippen MR) is 107 cm³/mol. The van der Waals surface area contributed by atoms with Crippen molar-refractivity contribution in [1.82, 2.24) is 4.90 Å². The minimum atomic E-state index is 0.550. The topological polar surface area (TPSA) is 3.24 Å². The summed E-state index contributed by atoms with van der Waals surface area (Å²) in [6.45, 7) is 1.98. The molecule has 1 atom stereocenters. The number of halogens is 1. The van der Waals surface area contributed by atoms with E-state index in [-0.39, 0.29) is 0 Å². The Morgan fingerprint density at radius 2 is 1.32 bits per heavy atom. The van der Waals surface area contributed by atoms with Gasteiger partial charge in [-0.3, -0.25) is 4.90 Å². The first kappa shape index (κ1) is 16.6. The summed E-state index contributed by atoms with van der Waals surface area (Å²) in [5.74, 6) is 0. The molecule has 1 unspecified atom stereocenters. The molecule has 3 aromatic carbocycles. The molecule has 3 aromatic rings. The highest BCUT2D eigenvalue weighted by Crippen LogP contribution is 2.32. The van der Waals surface area contributed by atoms with E-state index >= 15 is 0 Å². The van der Waals surface area contributed by atoms with Gasteiger partial charge in [0.1, 0.15) is 0 Å². The summed E-state index contributed by atoms with van der Waals surface area (Å²) in [7, 11) is 0. The van der Waals surface area contributed by atoms with E-state index in [1.807, 2.05) is 0 Å². The first-order valence-corrected chi connectivity index (χ1v) is 9.67. The Labute approximate surface area is 158 Å². The van der Waals surface area contributed by atoms with Gasteiger partial charge in [-0.15, -0.1) is 0 Å². The van der Waals surface area contributed by atoms with Gasteiger partial charge in [0.05, 0.1) is 0 Å². The number of hydrogen-bond donors (Lipinski definition) is 0. The van der Waals surface area contributed by atoms with Crippen LogP contribution in [0, 0.1) is 0 Å². The number of nitrogens with zero attached hydrogens (tertiary/aromatic N) is 1. The molecule has 0 aliphatic heterocycles. The maximum absolute atomic E-state index is 3.74. The molecule has 0 amide bonds. The fourth-order valence-electron chi connectivity index (χ4n) is 3.79. The summed E-state index contributed by atoms with van der Waals surface area (Å²) in [6.07, 6.45) is 2.25. The van der Waals surface area contributed by atoms with E-state index in [0.717, 1.165) is 25.9 Å². The molecule has 0 aromatic heterocycles. The average molecular weight is 392 g/mol. The van der Waals surface area contributed by atoms with Crippen LogP contribution in [0.15, 0.2) is 83.3 Å². The fraction of sp³-hybridized carbons (Fsp3) is 0.217. The highest BCUT2D eigenvalue weighted by molar-refractivity contribution is 9.10. The Kier molecular flexibility index (Phi) is 5.00. The van der Waals surface area contributed by atoms with Crippen LogP contribution < -0.4 is 0 Å². The molecule has 0 bridgehead atoms. The molecule has 0 saturated carbocycles. The van der Waals surface area contributed by atoms with Crippen molar-refractivity contribution >= 4 is 15.9 Å². The molecule has 0 saturated heterocycles. The lowest BCUT2D eigenvalue weighted by Gasteiger charge is -2.29. The van der Waals surface area contributed by atoms with Crippen LogP contribution >= 0.6 is 15.9 Å². The molecular formula is C23H22BrN. The lowest BCUT2D eigenvalue weighted by Crippen LogP contribution is -2.35. The zero-order chi connectivity index (χ0) is 17.1. The summed E-state index contributed by atoms with van der Waals surface area (Å²) in [4.78, 5) is 2.64. The van der Waals surface area contributed by atoms with E-state index in [0.29, 0.717) is 6.04 Å². The summed E-state index contributed by atoms with van der Waals surface area (Å²) >= 11 is 3.74. The third kappa shape index (κ3) is 3.86. The number of hydrogen-bond acceptors (Lipinski definition) is 1. The Morgan fingerprint density at radius 1 is 0.720 bits per heavy atom. The molecule has 0 fully saturated rings. The van der Waals surface area contributed by atoms with E-state index in [1.54, 1.807) is 0 Å². The van der Waals surface area contributed by atoms with Crippen molar-refractivity contribution in [2.24, 2.45) is 0 Å². The normalized spacial score (nSPS) is 16.2. The zero-order valence-corrected chi connectivity index (χ0v) is 15.8. The van der Waals surface area contributed by atoms with Crippen molar-refractivity contribution in [3.8, 4) is 0 Å². The van der Waals surface area contributed by atoms with Crippen LogP contribution in [0.1, 0.15) is 22.3 Å². The van der Waals surface area contributed by atoms with Crippen molar-refractivity contribution in [3.05, 3.63) is 106 Å². The molecule has 25 heavy (non-hydrogen) atoms. The number of benzene rings is 3. The lowest BCUT2D eigenvalue weighted by molar-refractivity contribution is 0.183. The van der Waals surface area contributed by atoms with Gasteiger partial charge in [0.25, 0.3) is 0 Å². The molecule has 4 rings (SSSR count). The molecule has 2 heteroatoms. The second kappa shape index (κ2) is 7.55. The minimum Gasteiger partial charge on any atom is -0.291 e. The van der Waals surface area contributed by atoms with Crippen LogP contribution in [0.3, 0.4) is 0 Å². The second-order valence-electron chi connectivity index (χ2n) is 6.82. The van der Waals surface area contributed by atoms with Gasteiger partial charge in [-0.05, 0) is 41.2 Å². The highest BCUT2D eigenvalue weighted by atomic mass is 79.9. The molecule has 1 aliphatic rings. The van der Waals surface area contributed by atoms with E-state index in [4.69, 9.17) is 0 Å². The van der Waals surface area contributed by atoms with Crippen LogP contribution in [0.4, 0.5) is 0 Å². The van der Waals surface area contributed by atoms with E-state index in [1.165, 1.54) is 26.7 Å². The van der Waals surface area contributed by atoms with Crippen molar-refractivity contribution in [2.75, 3.05) is 0 Å². The van der Waals surface area contributed by atoms with E-state index in [9.17, 15) is 0 Å². The van der Waals surface area contributed by atoms with Crippen LogP contribution in [0.25, 0.3) is 0 Å². The third-order valence-corrected chi connectivity index (χ3v) is 5.83. The smallest absolute Gasteiger partial charge is 0.0240 e. The van der Waals surface area contributed by atoms with Gasteiger partial charge >= 0.3 is 0 Å². The van der Waals surface area contributed by atoms with Gasteiger partial charge in [0.2, 0.25) is 0 Å². The minimum absolute atomic E-state index is 0.550. The highest BCUT2D eigenvalue weighted by Gasteiger charge is 2.28. The summed E-state index contributed by atoms with van der Waals surface area (Å²) in [6, 6.07) is 28.8. The summed E-state index contributed by atoms with van der Waals surface area (Å²) < 4.78 is 1.26. The Balaban J connectivity index is 1.58. The molecule has 126 valence electrons. The lowest BCUT2D eigenvalue weighted by atomic mass is 10.1. The Bertz CT molecular complexity index is 788. The molecule has 0 heterocycles. The monoisotopic (exact) mass is 391 g/mol.